The first-order valence-corrected chi connectivity index (χ1v) is 7.73. The number of carboxylic acid groups (broad SMARTS) is 1. The van der Waals surface area contributed by atoms with Crippen LogP contribution in [-0.2, 0) is 11.2 Å². The van der Waals surface area contributed by atoms with Crippen molar-refractivity contribution in [2.75, 3.05) is 6.54 Å². The number of halogens is 1. The van der Waals surface area contributed by atoms with Gasteiger partial charge in [-0.25, -0.2) is 9.59 Å². The second kappa shape index (κ2) is 8.81. The van der Waals surface area contributed by atoms with Gasteiger partial charge in [-0.3, -0.25) is 0 Å². The van der Waals surface area contributed by atoms with Gasteiger partial charge in [0, 0.05) is 11.4 Å². The predicted octanol–water partition coefficient (Wildman–Crippen LogP) is 2.89. The molecule has 1 atom stereocenters. The zero-order valence-corrected chi connectivity index (χ0v) is 12.9. The standard InChI is InChI=1S/C13H19ClN2O3S/c1-2-3-4-10(12(17)18)16-13(19)15-8-7-9-5-6-11(14)20-9/h5-6,10H,2-4,7-8H2,1H3,(H,17,18)(H2,15,16,19)/t10-/m0/s1. The lowest BCUT2D eigenvalue weighted by atomic mass is 10.1. The van der Waals surface area contributed by atoms with Gasteiger partial charge in [-0.1, -0.05) is 31.4 Å². The molecule has 0 saturated heterocycles. The van der Waals surface area contributed by atoms with E-state index in [0.29, 0.717) is 19.4 Å². The molecule has 5 nitrogen and oxygen atoms in total. The fourth-order valence-electron chi connectivity index (χ4n) is 1.66. The molecule has 2 amide bonds. The van der Waals surface area contributed by atoms with Crippen LogP contribution in [0.4, 0.5) is 4.79 Å². The first-order chi connectivity index (χ1) is 9.52. The van der Waals surface area contributed by atoms with Crippen LogP contribution in [0.5, 0.6) is 0 Å². The van der Waals surface area contributed by atoms with Gasteiger partial charge in [-0.15, -0.1) is 11.3 Å². The molecule has 0 aliphatic rings. The molecule has 1 aromatic rings. The molecular weight excluding hydrogens is 300 g/mol. The van der Waals surface area contributed by atoms with E-state index >= 15 is 0 Å². The maximum Gasteiger partial charge on any atom is 0.326 e. The molecule has 1 aromatic heterocycles. The Bertz CT molecular complexity index is 451. The van der Waals surface area contributed by atoms with Crippen LogP contribution in [0, 0.1) is 0 Å². The van der Waals surface area contributed by atoms with Crippen LogP contribution in [0.3, 0.4) is 0 Å². The van der Waals surface area contributed by atoms with Gasteiger partial charge in [0.1, 0.15) is 6.04 Å². The van der Waals surface area contributed by atoms with Gasteiger partial charge in [0.05, 0.1) is 4.34 Å². The monoisotopic (exact) mass is 318 g/mol. The van der Waals surface area contributed by atoms with Crippen molar-refractivity contribution in [3.63, 3.8) is 0 Å². The first-order valence-electron chi connectivity index (χ1n) is 6.54. The lowest BCUT2D eigenvalue weighted by Crippen LogP contribution is -2.46. The van der Waals surface area contributed by atoms with E-state index in [-0.39, 0.29) is 0 Å². The van der Waals surface area contributed by atoms with E-state index in [1.54, 1.807) is 0 Å². The third kappa shape index (κ3) is 6.25. The summed E-state index contributed by atoms with van der Waals surface area (Å²) in [6.07, 6.45) is 2.79. The minimum atomic E-state index is -1.00. The van der Waals surface area contributed by atoms with Crippen LogP contribution in [0.2, 0.25) is 4.34 Å². The highest BCUT2D eigenvalue weighted by Crippen LogP contribution is 2.21. The molecule has 0 aliphatic heterocycles. The Morgan fingerprint density at radius 1 is 1.45 bits per heavy atom. The second-order valence-electron chi connectivity index (χ2n) is 4.39. The molecular formula is C13H19ClN2O3S. The fraction of sp³-hybridized carbons (Fsp3) is 0.538. The van der Waals surface area contributed by atoms with Crippen LogP contribution >= 0.6 is 22.9 Å². The molecule has 20 heavy (non-hydrogen) atoms. The zero-order valence-electron chi connectivity index (χ0n) is 11.3. The first kappa shape index (κ1) is 16.8. The summed E-state index contributed by atoms with van der Waals surface area (Å²) in [5, 5.41) is 14.1. The molecule has 3 N–H and O–H groups in total. The number of rotatable bonds is 8. The molecule has 0 bridgehead atoms. The lowest BCUT2D eigenvalue weighted by Gasteiger charge is -2.14. The number of carboxylic acids is 1. The van der Waals surface area contributed by atoms with Gasteiger partial charge < -0.3 is 15.7 Å². The van der Waals surface area contributed by atoms with Gasteiger partial charge in [0.25, 0.3) is 0 Å². The predicted molar refractivity (Wildman–Crippen MR) is 80.5 cm³/mol. The van der Waals surface area contributed by atoms with Crippen molar-refractivity contribution < 1.29 is 14.7 Å². The molecule has 1 rings (SSSR count). The van der Waals surface area contributed by atoms with Crippen LogP contribution in [0.15, 0.2) is 12.1 Å². The molecule has 0 unspecified atom stereocenters. The van der Waals surface area contributed by atoms with Crippen LogP contribution in [0.1, 0.15) is 31.1 Å². The number of hydrogen-bond donors (Lipinski definition) is 3. The van der Waals surface area contributed by atoms with Crippen molar-refractivity contribution in [2.24, 2.45) is 0 Å². The van der Waals surface area contributed by atoms with Crippen molar-refractivity contribution in [1.82, 2.24) is 10.6 Å². The Balaban J connectivity index is 2.28. The smallest absolute Gasteiger partial charge is 0.326 e. The van der Waals surface area contributed by atoms with E-state index in [9.17, 15) is 9.59 Å². The summed E-state index contributed by atoms with van der Waals surface area (Å²) in [7, 11) is 0. The molecule has 0 radical (unpaired) electrons. The Labute approximate surface area is 127 Å². The van der Waals surface area contributed by atoms with Gasteiger partial charge >= 0.3 is 12.0 Å². The summed E-state index contributed by atoms with van der Waals surface area (Å²) in [6, 6.07) is 2.45. The Morgan fingerprint density at radius 2 is 2.20 bits per heavy atom. The SMILES string of the molecule is CCCC[C@H](NC(=O)NCCc1ccc(Cl)s1)C(=O)O. The molecule has 7 heteroatoms. The third-order valence-electron chi connectivity index (χ3n) is 2.74. The molecule has 1 heterocycles. The number of urea groups is 1. The summed E-state index contributed by atoms with van der Waals surface area (Å²) >= 11 is 7.28. The van der Waals surface area contributed by atoms with Gasteiger partial charge in [-0.2, -0.15) is 0 Å². The summed E-state index contributed by atoms with van der Waals surface area (Å²) in [4.78, 5) is 23.7. The van der Waals surface area contributed by atoms with Crippen molar-refractivity contribution in [3.8, 4) is 0 Å². The number of nitrogens with one attached hydrogen (secondary N) is 2. The maximum absolute atomic E-state index is 11.6. The van der Waals surface area contributed by atoms with E-state index in [4.69, 9.17) is 16.7 Å². The van der Waals surface area contributed by atoms with Gasteiger partial charge in [0.15, 0.2) is 0 Å². The fourth-order valence-corrected chi connectivity index (χ4v) is 2.75. The van der Waals surface area contributed by atoms with Crippen molar-refractivity contribution in [2.45, 2.75) is 38.6 Å². The largest absolute Gasteiger partial charge is 0.480 e. The molecule has 0 aromatic carbocycles. The number of carbonyl (C=O) groups excluding carboxylic acids is 1. The van der Waals surface area contributed by atoms with Gasteiger partial charge in [0.2, 0.25) is 0 Å². The number of thiophene rings is 1. The number of hydrogen-bond acceptors (Lipinski definition) is 3. The number of aliphatic carboxylic acids is 1. The second-order valence-corrected chi connectivity index (χ2v) is 6.19. The van der Waals surface area contributed by atoms with E-state index in [2.05, 4.69) is 10.6 Å². The minimum absolute atomic E-state index is 0.444. The number of unbranched alkanes of at least 4 members (excludes halogenated alkanes) is 1. The van der Waals surface area contributed by atoms with Crippen molar-refractivity contribution >= 4 is 34.9 Å². The molecule has 112 valence electrons. The summed E-state index contributed by atoms with van der Waals surface area (Å²) in [6.45, 7) is 2.42. The van der Waals surface area contributed by atoms with E-state index in [1.165, 1.54) is 11.3 Å². The Morgan fingerprint density at radius 3 is 2.75 bits per heavy atom. The number of amides is 2. The molecule has 0 saturated carbocycles. The Hall–Kier alpha value is -1.27. The summed E-state index contributed by atoms with van der Waals surface area (Å²) in [5.41, 5.74) is 0. The van der Waals surface area contributed by atoms with Crippen LogP contribution < -0.4 is 10.6 Å². The van der Waals surface area contributed by atoms with E-state index in [1.807, 2.05) is 19.1 Å². The third-order valence-corrected chi connectivity index (χ3v) is 4.03. The van der Waals surface area contributed by atoms with Gasteiger partial charge in [-0.05, 0) is 25.0 Å². The summed E-state index contributed by atoms with van der Waals surface area (Å²) < 4.78 is 0.718. The quantitative estimate of drug-likeness (QED) is 0.689. The number of carbonyl (C=O) groups is 2. The lowest BCUT2D eigenvalue weighted by molar-refractivity contribution is -0.139. The van der Waals surface area contributed by atoms with Crippen molar-refractivity contribution in [1.29, 1.82) is 0 Å². The average molecular weight is 319 g/mol. The molecule has 0 aliphatic carbocycles. The zero-order chi connectivity index (χ0) is 15.0. The topological polar surface area (TPSA) is 78.4 Å². The normalized spacial score (nSPS) is 11.9. The minimum Gasteiger partial charge on any atom is -0.480 e. The maximum atomic E-state index is 11.6. The highest BCUT2D eigenvalue weighted by atomic mass is 35.5. The molecule has 0 spiro atoms. The molecule has 0 fully saturated rings. The van der Waals surface area contributed by atoms with E-state index in [0.717, 1.165) is 22.1 Å². The average Bonchev–Trinajstić information content (AvgIpc) is 2.80. The highest BCUT2D eigenvalue weighted by molar-refractivity contribution is 7.16. The van der Waals surface area contributed by atoms with Crippen LogP contribution in [0.25, 0.3) is 0 Å². The van der Waals surface area contributed by atoms with Crippen molar-refractivity contribution in [3.05, 3.63) is 21.3 Å². The van der Waals surface area contributed by atoms with Crippen LogP contribution in [-0.4, -0.2) is 29.7 Å². The van der Waals surface area contributed by atoms with E-state index < -0.39 is 18.0 Å². The summed E-state index contributed by atoms with van der Waals surface area (Å²) in [5.74, 6) is -1.00. The highest BCUT2D eigenvalue weighted by Gasteiger charge is 2.18. The Kier molecular flexibility index (Phi) is 7.40.